The molecule has 0 fully saturated rings. The normalized spacial score (nSPS) is 9.76. The van der Waals surface area contributed by atoms with E-state index in [2.05, 4.69) is 39.8 Å². The third kappa shape index (κ3) is 6.85. The highest BCUT2D eigenvalue weighted by molar-refractivity contribution is 7.99. The zero-order valence-electron chi connectivity index (χ0n) is 16.1. The third-order valence-electron chi connectivity index (χ3n) is 3.55. The Morgan fingerprint density at radius 3 is 2.55 bits per heavy atom. The highest BCUT2D eigenvalue weighted by Crippen LogP contribution is 2.30. The number of thiol groups is 1. The first-order valence-corrected chi connectivity index (χ1v) is 10.3. The minimum Gasteiger partial charge on any atom is -0.508 e. The number of aryl methyl sites for hydroxylation is 1. The number of rotatable bonds is 6. The van der Waals surface area contributed by atoms with E-state index in [1.54, 1.807) is 30.7 Å². The Labute approximate surface area is 179 Å². The van der Waals surface area contributed by atoms with Crippen LogP contribution in [-0.2, 0) is 4.79 Å². The van der Waals surface area contributed by atoms with Crippen molar-refractivity contribution in [1.82, 2.24) is 9.97 Å². The number of phenols is 1. The van der Waals surface area contributed by atoms with Crippen LogP contribution in [0.2, 0.25) is 0 Å². The maximum atomic E-state index is 11.3. The largest absolute Gasteiger partial charge is 0.508 e. The molecule has 1 amide bonds. The molecule has 150 valence electrons. The van der Waals surface area contributed by atoms with Crippen molar-refractivity contribution >= 4 is 47.6 Å². The van der Waals surface area contributed by atoms with Crippen molar-refractivity contribution < 1.29 is 9.90 Å². The maximum Gasteiger partial charge on any atom is 0.247 e. The lowest BCUT2D eigenvalue weighted by Crippen LogP contribution is -2.06. The number of phenolic OH excluding ortho intramolecular Hbond substituents is 1. The van der Waals surface area contributed by atoms with E-state index >= 15 is 0 Å². The summed E-state index contributed by atoms with van der Waals surface area (Å²) in [5.74, 6) is 0.374. The van der Waals surface area contributed by atoms with Gasteiger partial charge in [-0.2, -0.15) is 12.6 Å². The van der Waals surface area contributed by atoms with Crippen LogP contribution in [0.1, 0.15) is 5.56 Å². The minimum absolute atomic E-state index is 0.172. The summed E-state index contributed by atoms with van der Waals surface area (Å²) in [4.78, 5) is 21.2. The van der Waals surface area contributed by atoms with Crippen molar-refractivity contribution in [2.75, 3.05) is 16.9 Å². The van der Waals surface area contributed by atoms with Gasteiger partial charge in [0.15, 0.2) is 0 Å². The van der Waals surface area contributed by atoms with Gasteiger partial charge in [0.2, 0.25) is 11.9 Å². The molecule has 0 atom stereocenters. The first-order chi connectivity index (χ1) is 14.0. The molecule has 0 saturated carbocycles. The highest BCUT2D eigenvalue weighted by atomic mass is 32.2. The highest BCUT2D eigenvalue weighted by Gasteiger charge is 2.07. The maximum absolute atomic E-state index is 11.3. The van der Waals surface area contributed by atoms with Crippen LogP contribution in [0.5, 0.6) is 5.75 Å². The summed E-state index contributed by atoms with van der Waals surface area (Å²) in [5.41, 5.74) is 2.36. The van der Waals surface area contributed by atoms with E-state index in [4.69, 9.17) is 0 Å². The third-order valence-corrected chi connectivity index (χ3v) is 4.66. The van der Waals surface area contributed by atoms with Crippen molar-refractivity contribution in [1.29, 1.82) is 0 Å². The molecule has 0 aliphatic carbocycles. The van der Waals surface area contributed by atoms with Gasteiger partial charge >= 0.3 is 0 Å². The van der Waals surface area contributed by atoms with Gasteiger partial charge in [-0.3, -0.25) is 4.79 Å². The fourth-order valence-electron chi connectivity index (χ4n) is 2.21. The van der Waals surface area contributed by atoms with Crippen molar-refractivity contribution in [2.45, 2.75) is 16.8 Å². The molecule has 8 heteroatoms. The number of amides is 1. The lowest BCUT2D eigenvalue weighted by atomic mass is 10.3. The number of hydrogen-bond acceptors (Lipinski definition) is 7. The van der Waals surface area contributed by atoms with Crippen LogP contribution in [0, 0.1) is 6.92 Å². The molecule has 0 aliphatic heterocycles. The molecule has 1 aromatic heterocycles. The van der Waals surface area contributed by atoms with Gasteiger partial charge in [0.1, 0.15) is 10.8 Å². The lowest BCUT2D eigenvalue weighted by Gasteiger charge is -2.09. The van der Waals surface area contributed by atoms with Gasteiger partial charge in [0.25, 0.3) is 0 Å². The predicted octanol–water partition coefficient (Wildman–Crippen LogP) is 5.06. The van der Waals surface area contributed by atoms with Crippen LogP contribution in [0.3, 0.4) is 0 Å². The van der Waals surface area contributed by atoms with E-state index in [1.165, 1.54) is 17.8 Å². The molecule has 6 nitrogen and oxygen atoms in total. The molecule has 1 heterocycles. The summed E-state index contributed by atoms with van der Waals surface area (Å²) in [5, 5.41) is 16.2. The second kappa shape index (κ2) is 11.1. The Kier molecular flexibility index (Phi) is 8.57. The van der Waals surface area contributed by atoms with Crippen LogP contribution in [0.15, 0.2) is 77.3 Å². The summed E-state index contributed by atoms with van der Waals surface area (Å²) < 4.78 is 0. The molecule has 3 N–H and O–H groups in total. The number of hydrogen-bond donors (Lipinski definition) is 4. The topological polar surface area (TPSA) is 87.1 Å². The number of carbonyl (C=O) groups excluding carboxylic acids is 1. The summed E-state index contributed by atoms with van der Waals surface area (Å²) in [6, 6.07) is 14.2. The van der Waals surface area contributed by atoms with Crippen LogP contribution in [0.4, 0.5) is 17.3 Å². The first kappa shape index (κ1) is 22.3. The van der Waals surface area contributed by atoms with Gasteiger partial charge in [-0.15, -0.1) is 0 Å². The van der Waals surface area contributed by atoms with Crippen LogP contribution in [-0.4, -0.2) is 27.2 Å². The number of nitrogens with one attached hydrogen (secondary N) is 2. The van der Waals surface area contributed by atoms with Gasteiger partial charge in [-0.1, -0.05) is 24.4 Å². The summed E-state index contributed by atoms with van der Waals surface area (Å²) in [6.45, 7) is 5.38. The van der Waals surface area contributed by atoms with E-state index in [1.807, 2.05) is 37.3 Å². The SMILES string of the molecule is C=CC(=O)Nc1ccc(Sc2nc(Nc3cccc(O)c3)ncc2C)cc1.CS. The monoisotopic (exact) mass is 426 g/mol. The van der Waals surface area contributed by atoms with Gasteiger partial charge in [-0.05, 0) is 55.7 Å². The van der Waals surface area contributed by atoms with E-state index in [9.17, 15) is 9.90 Å². The Hall–Kier alpha value is -2.97. The smallest absolute Gasteiger partial charge is 0.247 e. The molecule has 0 spiro atoms. The molecule has 0 saturated heterocycles. The summed E-state index contributed by atoms with van der Waals surface area (Å²) in [6.07, 6.45) is 4.67. The quantitative estimate of drug-likeness (QED) is 0.250. The molecular formula is C21H22N4O2S2. The van der Waals surface area contributed by atoms with Crippen molar-refractivity contribution in [3.8, 4) is 5.75 Å². The standard InChI is InChI=1S/C20H18N4O2S.CH4S/c1-3-18(26)22-14-7-9-17(10-8-14)27-19-13(2)12-21-20(24-19)23-15-5-4-6-16(25)11-15;1-2/h3-12,25H,1H2,2H3,(H,22,26)(H,21,23,24);2H,1H3. The van der Waals surface area contributed by atoms with Crippen molar-refractivity contribution in [3.05, 3.63) is 72.9 Å². The Bertz CT molecular complexity index is 979. The second-order valence-electron chi connectivity index (χ2n) is 5.68. The molecule has 0 aliphatic rings. The van der Waals surface area contributed by atoms with E-state index in [0.29, 0.717) is 17.3 Å². The van der Waals surface area contributed by atoms with E-state index in [-0.39, 0.29) is 11.7 Å². The summed E-state index contributed by atoms with van der Waals surface area (Å²) >= 11 is 5.03. The fourth-order valence-corrected chi connectivity index (χ4v) is 3.06. The zero-order valence-corrected chi connectivity index (χ0v) is 17.8. The minimum atomic E-state index is -0.246. The van der Waals surface area contributed by atoms with E-state index < -0.39 is 0 Å². The Morgan fingerprint density at radius 1 is 1.17 bits per heavy atom. The van der Waals surface area contributed by atoms with Crippen LogP contribution in [0.25, 0.3) is 0 Å². The molecular weight excluding hydrogens is 404 g/mol. The van der Waals surface area contributed by atoms with Crippen LogP contribution < -0.4 is 10.6 Å². The molecule has 0 bridgehead atoms. The molecule has 3 aromatic rings. The average Bonchev–Trinajstić information content (AvgIpc) is 2.73. The second-order valence-corrected chi connectivity index (χ2v) is 6.74. The molecule has 29 heavy (non-hydrogen) atoms. The number of benzene rings is 2. The number of aromatic hydroxyl groups is 1. The fraction of sp³-hybridized carbons (Fsp3) is 0.0952. The Balaban J connectivity index is 0.00000145. The van der Waals surface area contributed by atoms with Crippen molar-refractivity contribution in [2.24, 2.45) is 0 Å². The van der Waals surface area contributed by atoms with Gasteiger partial charge < -0.3 is 15.7 Å². The number of carbonyl (C=O) groups is 1. The number of aromatic nitrogens is 2. The predicted molar refractivity (Wildman–Crippen MR) is 122 cm³/mol. The molecule has 0 radical (unpaired) electrons. The lowest BCUT2D eigenvalue weighted by molar-refractivity contribution is -0.111. The Morgan fingerprint density at radius 2 is 1.90 bits per heavy atom. The summed E-state index contributed by atoms with van der Waals surface area (Å²) in [7, 11) is 0. The number of anilines is 3. The van der Waals surface area contributed by atoms with Gasteiger partial charge in [-0.25, -0.2) is 9.97 Å². The van der Waals surface area contributed by atoms with Crippen LogP contribution >= 0.6 is 24.4 Å². The first-order valence-electron chi connectivity index (χ1n) is 8.59. The molecule has 3 rings (SSSR count). The van der Waals surface area contributed by atoms with E-state index in [0.717, 1.165) is 15.5 Å². The number of nitrogens with zero attached hydrogens (tertiary/aromatic N) is 2. The zero-order chi connectivity index (χ0) is 21.2. The van der Waals surface area contributed by atoms with Crippen molar-refractivity contribution in [3.63, 3.8) is 0 Å². The van der Waals surface area contributed by atoms with Gasteiger partial charge in [0.05, 0.1) is 0 Å². The molecule has 2 aromatic carbocycles. The molecule has 0 unspecified atom stereocenters. The average molecular weight is 427 g/mol. The van der Waals surface area contributed by atoms with Gasteiger partial charge in [0, 0.05) is 34.1 Å².